The van der Waals surface area contributed by atoms with Crippen LogP contribution in [0.2, 0.25) is 0 Å². The minimum absolute atomic E-state index is 0.0489. The Morgan fingerprint density at radius 3 is 2.63 bits per heavy atom. The summed E-state index contributed by atoms with van der Waals surface area (Å²) in [6, 6.07) is 15.4. The van der Waals surface area contributed by atoms with E-state index in [9.17, 15) is 4.79 Å². The number of aromatic nitrogens is 1. The van der Waals surface area contributed by atoms with E-state index in [1.54, 1.807) is 0 Å². The van der Waals surface area contributed by atoms with Crippen molar-refractivity contribution in [2.24, 2.45) is 0 Å². The molecule has 0 aliphatic heterocycles. The van der Waals surface area contributed by atoms with Gasteiger partial charge in [0.05, 0.1) is 18.8 Å². The van der Waals surface area contributed by atoms with E-state index >= 15 is 0 Å². The van der Waals surface area contributed by atoms with Gasteiger partial charge < -0.3 is 10.6 Å². The molecule has 1 aromatic carbocycles. The van der Waals surface area contributed by atoms with Crippen LogP contribution in [0.15, 0.2) is 48.5 Å². The van der Waals surface area contributed by atoms with Crippen LogP contribution in [0.25, 0.3) is 0 Å². The summed E-state index contributed by atoms with van der Waals surface area (Å²) in [5.74, 6) is -0.0489. The number of nitrogens with one attached hydrogen (secondary N) is 2. The molecule has 4 heteroatoms. The van der Waals surface area contributed by atoms with Gasteiger partial charge in [0.1, 0.15) is 0 Å². The van der Waals surface area contributed by atoms with Gasteiger partial charge in [-0.2, -0.15) is 0 Å². The first-order chi connectivity index (χ1) is 9.24. The Morgan fingerprint density at radius 2 is 1.89 bits per heavy atom. The topological polar surface area (TPSA) is 54.0 Å². The highest BCUT2D eigenvalue weighted by Crippen LogP contribution is 2.03. The molecule has 0 unspecified atom stereocenters. The van der Waals surface area contributed by atoms with Crippen molar-refractivity contribution in [1.29, 1.82) is 0 Å². The minimum Gasteiger partial charge on any atom is -0.376 e. The third kappa shape index (κ3) is 4.43. The number of rotatable bonds is 5. The summed E-state index contributed by atoms with van der Waals surface area (Å²) in [4.78, 5) is 16.0. The predicted molar refractivity (Wildman–Crippen MR) is 75.8 cm³/mol. The fourth-order valence-corrected chi connectivity index (χ4v) is 1.69. The van der Waals surface area contributed by atoms with E-state index in [0.29, 0.717) is 6.54 Å². The highest BCUT2D eigenvalue weighted by atomic mass is 16.1. The van der Waals surface area contributed by atoms with Gasteiger partial charge in [-0.3, -0.25) is 9.78 Å². The number of carbonyl (C=O) groups excluding carboxylic acids is 1. The molecule has 0 fully saturated rings. The maximum atomic E-state index is 11.7. The second-order valence-electron chi connectivity index (χ2n) is 4.27. The van der Waals surface area contributed by atoms with Gasteiger partial charge in [-0.15, -0.1) is 0 Å². The zero-order valence-electron chi connectivity index (χ0n) is 10.9. The molecule has 0 spiro atoms. The van der Waals surface area contributed by atoms with E-state index in [1.807, 2.05) is 55.5 Å². The fraction of sp³-hybridized carbons (Fsp3) is 0.200. The molecule has 0 saturated heterocycles. The molecular weight excluding hydrogens is 238 g/mol. The summed E-state index contributed by atoms with van der Waals surface area (Å²) >= 11 is 0. The average Bonchev–Trinajstić information content (AvgIpc) is 2.44. The molecule has 98 valence electrons. The van der Waals surface area contributed by atoms with Crippen molar-refractivity contribution >= 4 is 11.6 Å². The van der Waals surface area contributed by atoms with E-state index in [1.165, 1.54) is 0 Å². The minimum atomic E-state index is -0.0489. The number of hydrogen-bond donors (Lipinski definition) is 2. The van der Waals surface area contributed by atoms with E-state index in [0.717, 1.165) is 17.1 Å². The van der Waals surface area contributed by atoms with Gasteiger partial charge in [0.25, 0.3) is 0 Å². The molecule has 1 amide bonds. The first-order valence-electron chi connectivity index (χ1n) is 6.22. The lowest BCUT2D eigenvalue weighted by atomic mass is 10.3. The smallest absolute Gasteiger partial charge is 0.239 e. The molecule has 2 rings (SSSR count). The van der Waals surface area contributed by atoms with Crippen LogP contribution in [0.1, 0.15) is 11.4 Å². The molecule has 0 atom stereocenters. The largest absolute Gasteiger partial charge is 0.376 e. The van der Waals surface area contributed by atoms with Crippen LogP contribution in [-0.4, -0.2) is 17.4 Å². The summed E-state index contributed by atoms with van der Waals surface area (Å²) in [6.45, 7) is 2.65. The van der Waals surface area contributed by atoms with Crippen molar-refractivity contribution in [3.63, 3.8) is 0 Å². The summed E-state index contributed by atoms with van der Waals surface area (Å²) in [5.41, 5.74) is 2.76. The quantitative estimate of drug-likeness (QED) is 0.860. The van der Waals surface area contributed by atoms with Gasteiger partial charge in [0.15, 0.2) is 0 Å². The predicted octanol–water partition coefficient (Wildman–Crippen LogP) is 2.12. The molecule has 0 radical (unpaired) electrons. The van der Waals surface area contributed by atoms with Gasteiger partial charge >= 0.3 is 0 Å². The third-order valence-corrected chi connectivity index (χ3v) is 2.64. The lowest BCUT2D eigenvalue weighted by Crippen LogP contribution is -2.29. The van der Waals surface area contributed by atoms with Crippen molar-refractivity contribution < 1.29 is 4.79 Å². The molecule has 4 nitrogen and oxygen atoms in total. The van der Waals surface area contributed by atoms with Crippen LogP contribution in [-0.2, 0) is 11.3 Å². The second-order valence-corrected chi connectivity index (χ2v) is 4.27. The summed E-state index contributed by atoms with van der Waals surface area (Å²) in [7, 11) is 0. The molecule has 1 aromatic heterocycles. The van der Waals surface area contributed by atoms with Gasteiger partial charge in [0, 0.05) is 11.4 Å². The second kappa shape index (κ2) is 6.54. The van der Waals surface area contributed by atoms with Crippen LogP contribution in [0, 0.1) is 6.92 Å². The van der Waals surface area contributed by atoms with Crippen molar-refractivity contribution in [3.8, 4) is 0 Å². The number of amides is 1. The van der Waals surface area contributed by atoms with E-state index < -0.39 is 0 Å². The molecule has 0 saturated carbocycles. The maximum absolute atomic E-state index is 11.7. The molecule has 2 aromatic rings. The number of hydrogen-bond acceptors (Lipinski definition) is 3. The Hall–Kier alpha value is -2.36. The number of para-hydroxylation sites is 1. The Morgan fingerprint density at radius 1 is 1.11 bits per heavy atom. The van der Waals surface area contributed by atoms with Crippen molar-refractivity contribution in [2.75, 3.05) is 11.9 Å². The summed E-state index contributed by atoms with van der Waals surface area (Å²) in [6.07, 6.45) is 0. The zero-order chi connectivity index (χ0) is 13.5. The number of anilines is 1. The molecule has 0 aliphatic carbocycles. The third-order valence-electron chi connectivity index (χ3n) is 2.64. The number of nitrogens with zero attached hydrogens (tertiary/aromatic N) is 1. The first kappa shape index (κ1) is 13.1. The fourth-order valence-electron chi connectivity index (χ4n) is 1.69. The monoisotopic (exact) mass is 255 g/mol. The van der Waals surface area contributed by atoms with Gasteiger partial charge in [-0.05, 0) is 31.2 Å². The van der Waals surface area contributed by atoms with E-state index in [2.05, 4.69) is 15.6 Å². The van der Waals surface area contributed by atoms with Crippen LogP contribution in [0.3, 0.4) is 0 Å². The average molecular weight is 255 g/mol. The maximum Gasteiger partial charge on any atom is 0.239 e. The van der Waals surface area contributed by atoms with Crippen molar-refractivity contribution in [3.05, 3.63) is 59.9 Å². The Kier molecular flexibility index (Phi) is 4.50. The SMILES string of the molecule is Cc1cccc(CNC(=O)CNc2ccccc2)n1. The standard InChI is InChI=1S/C15H17N3O/c1-12-6-5-9-14(18-12)10-17-15(19)11-16-13-7-3-2-4-8-13/h2-9,16H,10-11H2,1H3,(H,17,19). The van der Waals surface area contributed by atoms with E-state index in [4.69, 9.17) is 0 Å². The Labute approximate surface area is 112 Å². The summed E-state index contributed by atoms with van der Waals surface area (Å²) < 4.78 is 0. The highest BCUT2D eigenvalue weighted by molar-refractivity contribution is 5.80. The van der Waals surface area contributed by atoms with Crippen LogP contribution < -0.4 is 10.6 Å². The number of pyridine rings is 1. The first-order valence-corrected chi connectivity index (χ1v) is 6.22. The molecule has 0 bridgehead atoms. The van der Waals surface area contributed by atoms with Crippen LogP contribution >= 0.6 is 0 Å². The lowest BCUT2D eigenvalue weighted by Gasteiger charge is -2.07. The van der Waals surface area contributed by atoms with Crippen molar-refractivity contribution in [1.82, 2.24) is 10.3 Å². The molecule has 2 N–H and O–H groups in total. The van der Waals surface area contributed by atoms with Gasteiger partial charge in [-0.25, -0.2) is 0 Å². The highest BCUT2D eigenvalue weighted by Gasteiger charge is 2.01. The molecule has 0 aliphatic rings. The molecular formula is C15H17N3O. The normalized spacial score (nSPS) is 9.95. The van der Waals surface area contributed by atoms with E-state index in [-0.39, 0.29) is 12.5 Å². The van der Waals surface area contributed by atoms with Gasteiger partial charge in [0.2, 0.25) is 5.91 Å². The van der Waals surface area contributed by atoms with Crippen LogP contribution in [0.4, 0.5) is 5.69 Å². The zero-order valence-corrected chi connectivity index (χ0v) is 10.9. The number of aryl methyl sites for hydroxylation is 1. The van der Waals surface area contributed by atoms with Crippen LogP contribution in [0.5, 0.6) is 0 Å². The molecule has 1 heterocycles. The molecule has 19 heavy (non-hydrogen) atoms. The summed E-state index contributed by atoms with van der Waals surface area (Å²) in [5, 5.41) is 5.89. The van der Waals surface area contributed by atoms with Gasteiger partial charge in [-0.1, -0.05) is 24.3 Å². The number of benzene rings is 1. The number of carbonyl (C=O) groups is 1. The lowest BCUT2D eigenvalue weighted by molar-refractivity contribution is -0.119. The Balaban J connectivity index is 1.76. The van der Waals surface area contributed by atoms with Crippen molar-refractivity contribution in [2.45, 2.75) is 13.5 Å². The Bertz CT molecular complexity index is 540.